The molecule has 1 atom stereocenters. The highest BCUT2D eigenvalue weighted by Crippen LogP contribution is 2.32. The molecule has 0 fully saturated rings. The van der Waals surface area contributed by atoms with Gasteiger partial charge in [-0.25, -0.2) is 0 Å². The monoisotopic (exact) mass is 351 g/mol. The molecular weight excluding hydrogens is 330 g/mol. The summed E-state index contributed by atoms with van der Waals surface area (Å²) in [7, 11) is 2.05. The summed E-state index contributed by atoms with van der Waals surface area (Å²) < 4.78 is 1.18. The zero-order valence-electron chi connectivity index (χ0n) is 12.5. The normalized spacial score (nSPS) is 13.4. The van der Waals surface area contributed by atoms with Crippen molar-refractivity contribution in [3.63, 3.8) is 0 Å². The van der Waals surface area contributed by atoms with Crippen LogP contribution in [0.5, 0.6) is 0 Å². The van der Waals surface area contributed by atoms with Gasteiger partial charge in [-0.05, 0) is 45.6 Å². The summed E-state index contributed by atoms with van der Waals surface area (Å²) in [5, 5.41) is 5.63. The van der Waals surface area contributed by atoms with Crippen LogP contribution < -0.4 is 5.32 Å². The Bertz CT molecular complexity index is 568. The fourth-order valence-electron chi connectivity index (χ4n) is 2.51. The molecule has 0 bridgehead atoms. The van der Waals surface area contributed by atoms with E-state index in [0.717, 1.165) is 6.42 Å². The van der Waals surface area contributed by atoms with Crippen LogP contribution in [0.4, 0.5) is 0 Å². The van der Waals surface area contributed by atoms with Crippen molar-refractivity contribution in [3.8, 4) is 0 Å². The second-order valence-electron chi connectivity index (χ2n) is 6.11. The van der Waals surface area contributed by atoms with Gasteiger partial charge < -0.3 is 5.32 Å². The lowest BCUT2D eigenvalue weighted by molar-refractivity contribution is 0.541. The number of hydrogen-bond donors (Lipinski definition) is 1. The molecule has 3 heteroatoms. The molecule has 2 aromatic rings. The van der Waals surface area contributed by atoms with E-state index in [-0.39, 0.29) is 5.41 Å². The Morgan fingerprint density at radius 1 is 1.25 bits per heavy atom. The summed E-state index contributed by atoms with van der Waals surface area (Å²) in [5.41, 5.74) is 3.00. The third kappa shape index (κ3) is 3.72. The molecule has 2 rings (SSSR count). The zero-order chi connectivity index (χ0) is 14.8. The van der Waals surface area contributed by atoms with Gasteiger partial charge in [-0.15, -0.1) is 11.3 Å². The van der Waals surface area contributed by atoms with Crippen molar-refractivity contribution in [3.05, 3.63) is 56.2 Å². The van der Waals surface area contributed by atoms with E-state index in [4.69, 9.17) is 0 Å². The fourth-order valence-corrected chi connectivity index (χ4v) is 4.01. The molecule has 1 nitrogen and oxygen atoms in total. The predicted octanol–water partition coefficient (Wildman–Crippen LogP) is 5.31. The van der Waals surface area contributed by atoms with E-state index < -0.39 is 0 Å². The van der Waals surface area contributed by atoms with Gasteiger partial charge in [0.25, 0.3) is 0 Å². The van der Waals surface area contributed by atoms with Crippen LogP contribution in [0, 0.1) is 0 Å². The van der Waals surface area contributed by atoms with Crippen molar-refractivity contribution in [2.24, 2.45) is 0 Å². The van der Waals surface area contributed by atoms with Crippen LogP contribution in [-0.4, -0.2) is 7.05 Å². The molecule has 0 aliphatic carbocycles. The summed E-state index contributed by atoms with van der Waals surface area (Å²) in [4.78, 5) is 1.40. The fraction of sp³-hybridized carbons (Fsp3) is 0.412. The van der Waals surface area contributed by atoms with Gasteiger partial charge in [0.1, 0.15) is 0 Å². The molecule has 1 aromatic carbocycles. The summed E-state index contributed by atoms with van der Waals surface area (Å²) in [6.07, 6.45) is 1.03. The van der Waals surface area contributed by atoms with Crippen LogP contribution in [0.25, 0.3) is 0 Å². The van der Waals surface area contributed by atoms with Gasteiger partial charge in [-0.2, -0.15) is 0 Å². The Morgan fingerprint density at radius 2 is 1.95 bits per heavy atom. The molecule has 0 spiro atoms. The van der Waals surface area contributed by atoms with Gasteiger partial charge >= 0.3 is 0 Å². The molecule has 0 saturated heterocycles. The van der Waals surface area contributed by atoms with E-state index in [1.807, 2.05) is 18.4 Å². The van der Waals surface area contributed by atoms with Crippen LogP contribution in [0.2, 0.25) is 0 Å². The topological polar surface area (TPSA) is 12.0 Å². The van der Waals surface area contributed by atoms with E-state index in [0.29, 0.717) is 6.04 Å². The minimum absolute atomic E-state index is 0.168. The second-order valence-corrected chi connectivity index (χ2v) is 8.03. The SMILES string of the molecule is CNC(Cc1cc(Br)cs1)c1ccccc1C(C)(C)C. The lowest BCUT2D eigenvalue weighted by atomic mass is 9.81. The minimum atomic E-state index is 0.168. The number of rotatable bonds is 4. The zero-order valence-corrected chi connectivity index (χ0v) is 14.9. The lowest BCUT2D eigenvalue weighted by Gasteiger charge is -2.27. The Morgan fingerprint density at radius 3 is 2.50 bits per heavy atom. The highest BCUT2D eigenvalue weighted by molar-refractivity contribution is 9.10. The van der Waals surface area contributed by atoms with Crippen molar-refractivity contribution >= 4 is 27.3 Å². The molecule has 0 amide bonds. The number of benzene rings is 1. The maximum Gasteiger partial charge on any atom is 0.0369 e. The van der Waals surface area contributed by atoms with Crippen LogP contribution in [-0.2, 0) is 11.8 Å². The van der Waals surface area contributed by atoms with E-state index in [9.17, 15) is 0 Å². The molecule has 0 aliphatic heterocycles. The smallest absolute Gasteiger partial charge is 0.0369 e. The number of thiophene rings is 1. The molecule has 1 unspecified atom stereocenters. The van der Waals surface area contributed by atoms with Gasteiger partial charge in [0, 0.05) is 27.2 Å². The maximum atomic E-state index is 3.54. The Balaban J connectivity index is 2.32. The summed E-state index contributed by atoms with van der Waals surface area (Å²) >= 11 is 5.35. The van der Waals surface area contributed by atoms with Gasteiger partial charge in [0.05, 0.1) is 0 Å². The van der Waals surface area contributed by atoms with Crippen molar-refractivity contribution in [1.29, 1.82) is 0 Å². The second kappa shape index (κ2) is 6.42. The molecular formula is C17H22BrNS. The number of halogens is 1. The first-order valence-corrected chi connectivity index (χ1v) is 8.58. The summed E-state index contributed by atoms with van der Waals surface area (Å²) in [6, 6.07) is 11.4. The van der Waals surface area contributed by atoms with Crippen molar-refractivity contribution in [2.45, 2.75) is 38.6 Å². The minimum Gasteiger partial charge on any atom is -0.313 e. The van der Waals surface area contributed by atoms with E-state index in [2.05, 4.69) is 77.7 Å². The van der Waals surface area contributed by atoms with E-state index in [1.54, 1.807) is 0 Å². The standard InChI is InChI=1S/C17H22BrNS/c1-17(2,3)15-8-6-5-7-14(15)16(19-4)10-13-9-12(18)11-20-13/h5-9,11,16,19H,10H2,1-4H3. The Kier molecular flexibility index (Phi) is 5.05. The van der Waals surface area contributed by atoms with Gasteiger partial charge in [-0.3, -0.25) is 0 Å². The van der Waals surface area contributed by atoms with Crippen LogP contribution >= 0.6 is 27.3 Å². The Hall–Kier alpha value is -0.640. The maximum absolute atomic E-state index is 3.54. The lowest BCUT2D eigenvalue weighted by Crippen LogP contribution is -2.23. The highest BCUT2D eigenvalue weighted by Gasteiger charge is 2.22. The van der Waals surface area contributed by atoms with Crippen molar-refractivity contribution in [1.82, 2.24) is 5.32 Å². The third-order valence-corrected chi connectivity index (χ3v) is 5.24. The Labute approximate surface area is 134 Å². The van der Waals surface area contributed by atoms with E-state index >= 15 is 0 Å². The van der Waals surface area contributed by atoms with Crippen LogP contribution in [0.1, 0.15) is 42.8 Å². The first-order chi connectivity index (χ1) is 9.41. The average molecular weight is 352 g/mol. The highest BCUT2D eigenvalue weighted by atomic mass is 79.9. The summed E-state index contributed by atoms with van der Waals surface area (Å²) in [6.45, 7) is 6.83. The number of nitrogens with one attached hydrogen (secondary N) is 1. The van der Waals surface area contributed by atoms with Crippen molar-refractivity contribution in [2.75, 3.05) is 7.05 Å². The molecule has 0 saturated carbocycles. The number of hydrogen-bond acceptors (Lipinski definition) is 2. The molecule has 0 aliphatic rings. The predicted molar refractivity (Wildman–Crippen MR) is 92.7 cm³/mol. The van der Waals surface area contributed by atoms with Gasteiger partial charge in [0.2, 0.25) is 0 Å². The number of likely N-dealkylation sites (N-methyl/N-ethyl adjacent to an activating group) is 1. The summed E-state index contributed by atoms with van der Waals surface area (Å²) in [5.74, 6) is 0. The molecule has 1 aromatic heterocycles. The van der Waals surface area contributed by atoms with Crippen LogP contribution in [0.15, 0.2) is 40.2 Å². The van der Waals surface area contributed by atoms with E-state index in [1.165, 1.54) is 20.5 Å². The average Bonchev–Trinajstić information content (AvgIpc) is 2.80. The molecule has 0 radical (unpaired) electrons. The molecule has 108 valence electrons. The molecule has 1 heterocycles. The molecule has 1 N–H and O–H groups in total. The third-order valence-electron chi connectivity index (χ3n) is 3.52. The van der Waals surface area contributed by atoms with Crippen LogP contribution in [0.3, 0.4) is 0 Å². The van der Waals surface area contributed by atoms with Gasteiger partial charge in [-0.1, -0.05) is 45.0 Å². The van der Waals surface area contributed by atoms with Gasteiger partial charge in [0.15, 0.2) is 0 Å². The largest absolute Gasteiger partial charge is 0.313 e. The first kappa shape index (κ1) is 15.7. The first-order valence-electron chi connectivity index (χ1n) is 6.91. The quantitative estimate of drug-likeness (QED) is 0.786. The molecule has 20 heavy (non-hydrogen) atoms. The van der Waals surface area contributed by atoms with Crippen molar-refractivity contribution < 1.29 is 0 Å².